The Balaban J connectivity index is 2.13. The second kappa shape index (κ2) is 8.31. The van der Waals surface area contributed by atoms with Gasteiger partial charge in [-0.05, 0) is 25.0 Å². The van der Waals surface area contributed by atoms with E-state index in [1.807, 2.05) is 6.92 Å². The molecule has 1 heterocycles. The van der Waals surface area contributed by atoms with Gasteiger partial charge in [0.05, 0.1) is 18.9 Å². The number of amides is 2. The van der Waals surface area contributed by atoms with Crippen molar-refractivity contribution in [2.45, 2.75) is 32.2 Å². The highest BCUT2D eigenvalue weighted by atomic mass is 16.3. The Morgan fingerprint density at radius 1 is 1.47 bits per heavy atom. The molecule has 106 valence electrons. The predicted octanol–water partition coefficient (Wildman–Crippen LogP) is 0.677. The molecule has 2 amide bonds. The zero-order valence-electron chi connectivity index (χ0n) is 11.0. The van der Waals surface area contributed by atoms with E-state index in [2.05, 4.69) is 10.6 Å². The molecule has 0 bridgehead atoms. The third-order valence-corrected chi connectivity index (χ3v) is 2.69. The van der Waals surface area contributed by atoms with Crippen LogP contribution in [0.5, 0.6) is 0 Å². The van der Waals surface area contributed by atoms with E-state index in [0.29, 0.717) is 25.8 Å². The minimum absolute atomic E-state index is 0.0581. The van der Waals surface area contributed by atoms with Crippen LogP contribution in [0.4, 0.5) is 0 Å². The number of furan rings is 1. The Morgan fingerprint density at radius 3 is 2.84 bits per heavy atom. The van der Waals surface area contributed by atoms with Crippen molar-refractivity contribution in [3.8, 4) is 0 Å². The van der Waals surface area contributed by atoms with E-state index in [4.69, 9.17) is 9.52 Å². The number of aliphatic hydroxyl groups is 1. The molecule has 0 saturated heterocycles. The highest BCUT2D eigenvalue weighted by molar-refractivity contribution is 5.91. The number of hydrogen-bond donors (Lipinski definition) is 3. The summed E-state index contributed by atoms with van der Waals surface area (Å²) >= 11 is 0. The second-order valence-corrected chi connectivity index (χ2v) is 4.19. The predicted molar refractivity (Wildman–Crippen MR) is 69.6 cm³/mol. The smallest absolute Gasteiger partial charge is 0.286 e. The van der Waals surface area contributed by atoms with Crippen LogP contribution >= 0.6 is 0 Å². The van der Waals surface area contributed by atoms with Crippen molar-refractivity contribution < 1.29 is 19.1 Å². The molecular formula is C13H20N2O4. The summed E-state index contributed by atoms with van der Waals surface area (Å²) in [6.07, 6.45) is 2.98. The molecule has 6 heteroatoms. The Labute approximate surface area is 112 Å². The highest BCUT2D eigenvalue weighted by Crippen LogP contribution is 1.99. The normalized spacial score (nSPS) is 11.9. The fourth-order valence-corrected chi connectivity index (χ4v) is 1.52. The second-order valence-electron chi connectivity index (χ2n) is 4.19. The van der Waals surface area contributed by atoms with E-state index < -0.39 is 0 Å². The van der Waals surface area contributed by atoms with Gasteiger partial charge in [-0.15, -0.1) is 0 Å². The number of aliphatic hydroxyl groups excluding tert-OH is 1. The van der Waals surface area contributed by atoms with Gasteiger partial charge in [-0.3, -0.25) is 9.59 Å². The molecule has 0 spiro atoms. The van der Waals surface area contributed by atoms with Crippen LogP contribution in [-0.4, -0.2) is 36.1 Å². The van der Waals surface area contributed by atoms with Crippen LogP contribution < -0.4 is 10.6 Å². The molecule has 0 aliphatic rings. The molecular weight excluding hydrogens is 248 g/mol. The van der Waals surface area contributed by atoms with E-state index in [9.17, 15) is 9.59 Å². The van der Waals surface area contributed by atoms with Gasteiger partial charge in [0.15, 0.2) is 5.76 Å². The molecule has 3 N–H and O–H groups in total. The van der Waals surface area contributed by atoms with Gasteiger partial charge < -0.3 is 20.2 Å². The van der Waals surface area contributed by atoms with Crippen LogP contribution in [0.1, 0.15) is 36.7 Å². The SMILES string of the molecule is CCC(CO)NC(=O)CCCNC(=O)c1ccco1. The molecule has 1 aromatic heterocycles. The summed E-state index contributed by atoms with van der Waals surface area (Å²) in [5.74, 6) is -0.142. The maximum Gasteiger partial charge on any atom is 0.286 e. The highest BCUT2D eigenvalue weighted by Gasteiger charge is 2.10. The quantitative estimate of drug-likeness (QED) is 0.604. The van der Waals surface area contributed by atoms with Gasteiger partial charge in [-0.1, -0.05) is 6.92 Å². The lowest BCUT2D eigenvalue weighted by atomic mass is 10.2. The minimum atomic E-state index is -0.285. The van der Waals surface area contributed by atoms with Crippen molar-refractivity contribution in [2.24, 2.45) is 0 Å². The molecule has 1 atom stereocenters. The maximum absolute atomic E-state index is 11.5. The first kappa shape index (κ1) is 15.2. The van der Waals surface area contributed by atoms with Gasteiger partial charge in [0.2, 0.25) is 5.91 Å². The van der Waals surface area contributed by atoms with Crippen molar-refractivity contribution in [1.29, 1.82) is 0 Å². The lowest BCUT2D eigenvalue weighted by Crippen LogP contribution is -2.37. The first-order chi connectivity index (χ1) is 9.17. The Morgan fingerprint density at radius 2 is 2.26 bits per heavy atom. The van der Waals surface area contributed by atoms with Gasteiger partial charge in [0.25, 0.3) is 5.91 Å². The molecule has 1 rings (SSSR count). The van der Waals surface area contributed by atoms with Gasteiger partial charge in [0.1, 0.15) is 0 Å². The zero-order valence-corrected chi connectivity index (χ0v) is 11.0. The third kappa shape index (κ3) is 5.56. The number of carbonyl (C=O) groups excluding carboxylic acids is 2. The molecule has 0 aliphatic carbocycles. The Hall–Kier alpha value is -1.82. The van der Waals surface area contributed by atoms with E-state index in [-0.39, 0.29) is 30.2 Å². The molecule has 19 heavy (non-hydrogen) atoms. The molecule has 0 aliphatic heterocycles. The van der Waals surface area contributed by atoms with Crippen molar-refractivity contribution in [2.75, 3.05) is 13.2 Å². The maximum atomic E-state index is 11.5. The number of carbonyl (C=O) groups is 2. The third-order valence-electron chi connectivity index (χ3n) is 2.69. The first-order valence-electron chi connectivity index (χ1n) is 6.39. The standard InChI is InChI=1S/C13H20N2O4/c1-2-10(9-16)15-12(17)6-3-7-14-13(18)11-5-4-8-19-11/h4-5,8,10,16H,2-3,6-7,9H2,1H3,(H,14,18)(H,15,17). The first-order valence-corrected chi connectivity index (χ1v) is 6.39. The lowest BCUT2D eigenvalue weighted by Gasteiger charge is -2.13. The van der Waals surface area contributed by atoms with E-state index in [0.717, 1.165) is 0 Å². The summed E-state index contributed by atoms with van der Waals surface area (Å²) < 4.78 is 4.94. The molecule has 0 saturated carbocycles. The number of rotatable bonds is 8. The van der Waals surface area contributed by atoms with Crippen molar-refractivity contribution in [3.05, 3.63) is 24.2 Å². The molecule has 0 radical (unpaired) electrons. The molecule has 0 fully saturated rings. The minimum Gasteiger partial charge on any atom is -0.459 e. The Bertz CT molecular complexity index is 385. The summed E-state index contributed by atoms with van der Waals surface area (Å²) in [5.41, 5.74) is 0. The van der Waals surface area contributed by atoms with Gasteiger partial charge >= 0.3 is 0 Å². The lowest BCUT2D eigenvalue weighted by molar-refractivity contribution is -0.122. The summed E-state index contributed by atoms with van der Waals surface area (Å²) in [6, 6.07) is 3.03. The summed E-state index contributed by atoms with van der Waals surface area (Å²) in [7, 11) is 0. The van der Waals surface area contributed by atoms with Gasteiger partial charge in [0, 0.05) is 13.0 Å². The van der Waals surface area contributed by atoms with Crippen LogP contribution in [0.25, 0.3) is 0 Å². The van der Waals surface area contributed by atoms with Crippen LogP contribution in [-0.2, 0) is 4.79 Å². The largest absolute Gasteiger partial charge is 0.459 e. The molecule has 6 nitrogen and oxygen atoms in total. The van der Waals surface area contributed by atoms with Gasteiger partial charge in [-0.2, -0.15) is 0 Å². The summed E-state index contributed by atoms with van der Waals surface area (Å²) in [5, 5.41) is 14.3. The van der Waals surface area contributed by atoms with E-state index >= 15 is 0 Å². The Kier molecular flexibility index (Phi) is 6.67. The summed E-state index contributed by atoms with van der Waals surface area (Å²) in [6.45, 7) is 2.24. The van der Waals surface area contributed by atoms with Gasteiger partial charge in [-0.25, -0.2) is 0 Å². The monoisotopic (exact) mass is 268 g/mol. The molecule has 1 aromatic rings. The molecule has 1 unspecified atom stereocenters. The number of nitrogens with one attached hydrogen (secondary N) is 2. The average molecular weight is 268 g/mol. The fourth-order valence-electron chi connectivity index (χ4n) is 1.52. The van der Waals surface area contributed by atoms with Crippen molar-refractivity contribution >= 4 is 11.8 Å². The average Bonchev–Trinajstić information content (AvgIpc) is 2.94. The fraction of sp³-hybridized carbons (Fsp3) is 0.538. The van der Waals surface area contributed by atoms with Crippen LogP contribution in [0.2, 0.25) is 0 Å². The van der Waals surface area contributed by atoms with E-state index in [1.165, 1.54) is 6.26 Å². The topological polar surface area (TPSA) is 91.6 Å². The van der Waals surface area contributed by atoms with Crippen LogP contribution in [0.3, 0.4) is 0 Å². The van der Waals surface area contributed by atoms with Crippen LogP contribution in [0.15, 0.2) is 22.8 Å². The van der Waals surface area contributed by atoms with Crippen molar-refractivity contribution in [1.82, 2.24) is 10.6 Å². The summed E-state index contributed by atoms with van der Waals surface area (Å²) in [4.78, 5) is 23.0. The molecule has 0 aromatic carbocycles. The number of hydrogen-bond acceptors (Lipinski definition) is 4. The van der Waals surface area contributed by atoms with Crippen molar-refractivity contribution in [3.63, 3.8) is 0 Å². The van der Waals surface area contributed by atoms with Crippen LogP contribution in [0, 0.1) is 0 Å². The van der Waals surface area contributed by atoms with E-state index in [1.54, 1.807) is 12.1 Å². The zero-order chi connectivity index (χ0) is 14.1.